The van der Waals surface area contributed by atoms with Gasteiger partial charge in [0, 0.05) is 57.4 Å². The van der Waals surface area contributed by atoms with Crippen molar-refractivity contribution in [2.45, 2.75) is 0 Å². The molecule has 0 amide bonds. The number of hydrogen-bond donors (Lipinski definition) is 0. The fourth-order valence-electron chi connectivity index (χ4n) is 8.11. The van der Waals surface area contributed by atoms with Crippen LogP contribution in [0.4, 0.5) is 17.1 Å². The lowest BCUT2D eigenvalue weighted by Crippen LogP contribution is -2.09. The van der Waals surface area contributed by atoms with Crippen molar-refractivity contribution in [2.75, 3.05) is 4.90 Å². The van der Waals surface area contributed by atoms with Gasteiger partial charge in [0.25, 0.3) is 0 Å². The maximum atomic E-state index is 2.43. The molecule has 248 valence electrons. The van der Waals surface area contributed by atoms with Gasteiger partial charge in [0.05, 0.1) is 0 Å². The summed E-state index contributed by atoms with van der Waals surface area (Å²) in [7, 11) is 0. The summed E-state index contributed by atoms with van der Waals surface area (Å²) < 4.78 is 5.23. The predicted octanol–water partition coefficient (Wildman–Crippen LogP) is 15.5. The Morgan fingerprint density at radius 2 is 0.887 bits per heavy atom. The highest BCUT2D eigenvalue weighted by Crippen LogP contribution is 2.47. The first kappa shape index (κ1) is 30.4. The van der Waals surface area contributed by atoms with Crippen molar-refractivity contribution in [3.63, 3.8) is 0 Å². The molecule has 0 radical (unpaired) electrons. The first-order valence-electron chi connectivity index (χ1n) is 18.0. The third kappa shape index (κ3) is 5.04. The molecule has 1 nitrogen and oxygen atoms in total. The molecule has 0 spiro atoms. The summed E-state index contributed by atoms with van der Waals surface area (Å²) in [4.78, 5) is 2.43. The van der Waals surface area contributed by atoms with Crippen LogP contribution >= 0.6 is 22.7 Å². The van der Waals surface area contributed by atoms with Gasteiger partial charge in [-0.05, 0) is 111 Å². The van der Waals surface area contributed by atoms with Crippen molar-refractivity contribution < 1.29 is 0 Å². The molecule has 11 rings (SSSR count). The smallest absolute Gasteiger partial charge is 0.0468 e. The zero-order valence-corrected chi connectivity index (χ0v) is 30.3. The van der Waals surface area contributed by atoms with Gasteiger partial charge in [-0.15, -0.1) is 22.7 Å². The molecular formula is C50H31NS2. The molecule has 0 fully saturated rings. The molecular weight excluding hydrogens is 679 g/mol. The molecule has 3 heteroatoms. The Labute approximate surface area is 315 Å². The van der Waals surface area contributed by atoms with Crippen molar-refractivity contribution in [3.8, 4) is 22.3 Å². The highest BCUT2D eigenvalue weighted by molar-refractivity contribution is 7.26. The van der Waals surface area contributed by atoms with E-state index in [9.17, 15) is 0 Å². The van der Waals surface area contributed by atoms with Gasteiger partial charge in [-0.3, -0.25) is 0 Å². The van der Waals surface area contributed by atoms with Crippen molar-refractivity contribution in [1.29, 1.82) is 0 Å². The highest BCUT2D eigenvalue weighted by Gasteiger charge is 2.19. The summed E-state index contributed by atoms with van der Waals surface area (Å²) in [6.45, 7) is 0. The minimum Gasteiger partial charge on any atom is -0.310 e. The number of rotatable bonds is 5. The molecule has 0 aliphatic rings. The molecule has 0 aliphatic carbocycles. The lowest BCUT2D eigenvalue weighted by molar-refractivity contribution is 1.30. The Morgan fingerprint density at radius 1 is 0.302 bits per heavy atom. The van der Waals surface area contributed by atoms with E-state index in [4.69, 9.17) is 0 Å². The minimum atomic E-state index is 1.13. The average Bonchev–Trinajstić information content (AvgIpc) is 3.78. The summed E-state index contributed by atoms with van der Waals surface area (Å²) in [6, 6.07) is 69.3. The van der Waals surface area contributed by atoms with E-state index in [0.717, 1.165) is 17.1 Å². The zero-order valence-electron chi connectivity index (χ0n) is 28.7. The quantitative estimate of drug-likeness (QED) is 0.172. The van der Waals surface area contributed by atoms with Gasteiger partial charge >= 0.3 is 0 Å². The van der Waals surface area contributed by atoms with Gasteiger partial charge in [0.2, 0.25) is 0 Å². The van der Waals surface area contributed by atoms with Crippen molar-refractivity contribution in [2.24, 2.45) is 0 Å². The van der Waals surface area contributed by atoms with E-state index >= 15 is 0 Å². The molecule has 0 atom stereocenters. The van der Waals surface area contributed by atoms with Crippen molar-refractivity contribution >= 4 is 102 Å². The van der Waals surface area contributed by atoms with Crippen molar-refractivity contribution in [3.05, 3.63) is 188 Å². The van der Waals surface area contributed by atoms with Crippen LogP contribution in [0.2, 0.25) is 0 Å². The molecule has 2 heterocycles. The Bertz CT molecular complexity index is 3170. The standard InChI is InChI=1S/C50H31NS2/c1-2-11-34(12-3-1)49-41-15-7-6-14-37(41)29-48-50(49)44-31-40(25-27-47(44)53-48)51(39-24-26-46-43(30-39)42-16-8-9-17-45(42)52-46)38-22-20-33(21-23-38)36-19-18-32-10-4-5-13-35(32)28-36/h1-31H. The number of thiophene rings is 2. The lowest BCUT2D eigenvalue weighted by atomic mass is 9.93. The van der Waals surface area contributed by atoms with E-state index in [2.05, 4.69) is 193 Å². The van der Waals surface area contributed by atoms with Crippen LogP contribution in [-0.2, 0) is 0 Å². The average molecular weight is 710 g/mol. The fraction of sp³-hybridized carbons (Fsp3) is 0. The van der Waals surface area contributed by atoms with Crippen LogP contribution < -0.4 is 4.90 Å². The maximum absolute atomic E-state index is 2.43. The first-order valence-corrected chi connectivity index (χ1v) is 19.6. The molecule has 0 saturated carbocycles. The maximum Gasteiger partial charge on any atom is 0.0468 e. The Balaban J connectivity index is 1.13. The fourth-order valence-corrected chi connectivity index (χ4v) is 10.3. The Hall–Kier alpha value is -6.26. The van der Waals surface area contributed by atoms with Crippen molar-refractivity contribution in [1.82, 2.24) is 0 Å². The summed E-state index contributed by atoms with van der Waals surface area (Å²) in [5, 5.41) is 10.3. The van der Waals surface area contributed by atoms with Crippen LogP contribution in [0, 0.1) is 0 Å². The molecule has 11 aromatic rings. The monoisotopic (exact) mass is 709 g/mol. The predicted molar refractivity (Wildman–Crippen MR) is 233 cm³/mol. The molecule has 0 unspecified atom stereocenters. The van der Waals surface area contributed by atoms with Crippen LogP contribution in [0.5, 0.6) is 0 Å². The molecule has 0 saturated heterocycles. The molecule has 9 aromatic carbocycles. The van der Waals surface area contributed by atoms with Gasteiger partial charge in [0.1, 0.15) is 0 Å². The second-order valence-electron chi connectivity index (χ2n) is 13.7. The SMILES string of the molecule is c1ccc(-c2c3ccccc3cc3sc4ccc(N(c5ccc(-c6ccc7ccccc7c6)cc5)c5ccc6sc7ccccc7c6c5)cc4c23)cc1. The lowest BCUT2D eigenvalue weighted by Gasteiger charge is -2.26. The molecule has 0 bridgehead atoms. The largest absolute Gasteiger partial charge is 0.310 e. The third-order valence-electron chi connectivity index (χ3n) is 10.6. The van der Waals surface area contributed by atoms with Gasteiger partial charge in [-0.1, -0.05) is 121 Å². The number of anilines is 3. The topological polar surface area (TPSA) is 3.24 Å². The number of nitrogens with zero attached hydrogens (tertiary/aromatic N) is 1. The Kier molecular flexibility index (Phi) is 6.97. The van der Waals surface area contributed by atoms with E-state index in [1.807, 2.05) is 22.7 Å². The molecule has 0 aliphatic heterocycles. The molecule has 53 heavy (non-hydrogen) atoms. The second kappa shape index (κ2) is 12.2. The Morgan fingerprint density at radius 3 is 1.70 bits per heavy atom. The highest BCUT2D eigenvalue weighted by atomic mass is 32.1. The summed E-state index contributed by atoms with van der Waals surface area (Å²) in [6.07, 6.45) is 0. The van der Waals surface area contributed by atoms with Crippen LogP contribution in [0.3, 0.4) is 0 Å². The molecule has 0 N–H and O–H groups in total. The number of benzene rings is 9. The second-order valence-corrected chi connectivity index (χ2v) is 15.9. The minimum absolute atomic E-state index is 1.13. The van der Waals surface area contributed by atoms with Crippen LogP contribution in [0.25, 0.3) is 84.1 Å². The molecule has 2 aromatic heterocycles. The van der Waals surface area contributed by atoms with E-state index in [0.29, 0.717) is 0 Å². The van der Waals surface area contributed by atoms with E-state index in [-0.39, 0.29) is 0 Å². The third-order valence-corrected chi connectivity index (χ3v) is 12.9. The normalized spacial score (nSPS) is 11.8. The zero-order chi connectivity index (χ0) is 34.9. The van der Waals surface area contributed by atoms with Gasteiger partial charge in [-0.25, -0.2) is 0 Å². The summed E-state index contributed by atoms with van der Waals surface area (Å²) in [5.41, 5.74) is 8.39. The van der Waals surface area contributed by atoms with E-state index in [1.165, 1.54) is 84.1 Å². The number of hydrogen-bond acceptors (Lipinski definition) is 3. The van der Waals surface area contributed by atoms with Crippen LogP contribution in [0.1, 0.15) is 0 Å². The number of fused-ring (bicyclic) bond motifs is 8. The van der Waals surface area contributed by atoms with Crippen LogP contribution in [0.15, 0.2) is 188 Å². The van der Waals surface area contributed by atoms with Gasteiger partial charge < -0.3 is 4.90 Å². The van der Waals surface area contributed by atoms with E-state index in [1.54, 1.807) is 0 Å². The summed E-state index contributed by atoms with van der Waals surface area (Å²) >= 11 is 3.75. The van der Waals surface area contributed by atoms with Gasteiger partial charge in [0.15, 0.2) is 0 Å². The van der Waals surface area contributed by atoms with E-state index < -0.39 is 0 Å². The summed E-state index contributed by atoms with van der Waals surface area (Å²) in [5.74, 6) is 0. The van der Waals surface area contributed by atoms with Gasteiger partial charge in [-0.2, -0.15) is 0 Å². The first-order chi connectivity index (χ1) is 26.2. The van der Waals surface area contributed by atoms with Crippen LogP contribution in [-0.4, -0.2) is 0 Å².